The summed E-state index contributed by atoms with van der Waals surface area (Å²) in [4.78, 5) is 14.5. The van der Waals surface area contributed by atoms with Crippen molar-refractivity contribution in [1.82, 2.24) is 10.2 Å². The topological polar surface area (TPSA) is 32.3 Å². The lowest BCUT2D eigenvalue weighted by Gasteiger charge is -2.38. The average Bonchev–Trinajstić information content (AvgIpc) is 2.26. The Morgan fingerprint density at radius 1 is 1.12 bits per heavy atom. The third-order valence-electron chi connectivity index (χ3n) is 4.09. The van der Waals surface area contributed by atoms with Gasteiger partial charge < -0.3 is 10.2 Å². The van der Waals surface area contributed by atoms with E-state index < -0.39 is 0 Å². The first-order chi connectivity index (χ1) is 8.06. The highest BCUT2D eigenvalue weighted by molar-refractivity contribution is 5.82. The number of likely N-dealkylation sites (tertiary alicyclic amines) is 1. The lowest BCUT2D eigenvalue weighted by atomic mass is 9.90. The minimum absolute atomic E-state index is 0.0799. The molecule has 2 aliphatic heterocycles. The molecule has 4 atom stereocenters. The Kier molecular flexibility index (Phi) is 4.08. The molecule has 2 heterocycles. The second-order valence-corrected chi connectivity index (χ2v) is 6.24. The second-order valence-electron chi connectivity index (χ2n) is 6.24. The van der Waals surface area contributed by atoms with Gasteiger partial charge in [0.05, 0.1) is 6.04 Å². The van der Waals surface area contributed by atoms with Crippen molar-refractivity contribution in [2.24, 2.45) is 11.8 Å². The first-order valence-corrected chi connectivity index (χ1v) is 7.11. The SMILES string of the molecule is CC1CC(C)CN(C(=O)C2CCCC(C)N2)C1. The Morgan fingerprint density at radius 2 is 1.76 bits per heavy atom. The summed E-state index contributed by atoms with van der Waals surface area (Å²) < 4.78 is 0. The van der Waals surface area contributed by atoms with Crippen LogP contribution in [0.25, 0.3) is 0 Å². The van der Waals surface area contributed by atoms with Crippen LogP contribution in [-0.2, 0) is 4.79 Å². The number of nitrogens with zero attached hydrogens (tertiary/aromatic N) is 1. The first-order valence-electron chi connectivity index (χ1n) is 7.11. The Bertz CT molecular complexity index is 269. The Labute approximate surface area is 105 Å². The van der Waals surface area contributed by atoms with Crippen molar-refractivity contribution >= 4 is 5.91 Å². The molecule has 4 unspecified atom stereocenters. The van der Waals surface area contributed by atoms with E-state index in [9.17, 15) is 4.79 Å². The molecule has 3 heteroatoms. The van der Waals surface area contributed by atoms with Crippen LogP contribution in [0.15, 0.2) is 0 Å². The normalized spacial score (nSPS) is 39.1. The summed E-state index contributed by atoms with van der Waals surface area (Å²) in [5.41, 5.74) is 0. The van der Waals surface area contributed by atoms with Gasteiger partial charge >= 0.3 is 0 Å². The van der Waals surface area contributed by atoms with E-state index >= 15 is 0 Å². The maximum atomic E-state index is 12.5. The fraction of sp³-hybridized carbons (Fsp3) is 0.929. The van der Waals surface area contributed by atoms with Gasteiger partial charge in [0, 0.05) is 19.1 Å². The summed E-state index contributed by atoms with van der Waals surface area (Å²) in [6.07, 6.45) is 4.67. The van der Waals surface area contributed by atoms with Crippen LogP contribution >= 0.6 is 0 Å². The van der Waals surface area contributed by atoms with Crippen molar-refractivity contribution in [2.75, 3.05) is 13.1 Å². The van der Waals surface area contributed by atoms with E-state index in [0.29, 0.717) is 23.8 Å². The summed E-state index contributed by atoms with van der Waals surface area (Å²) in [5, 5.41) is 3.45. The minimum Gasteiger partial charge on any atom is -0.341 e. The summed E-state index contributed by atoms with van der Waals surface area (Å²) in [6.45, 7) is 8.60. The molecule has 0 aromatic carbocycles. The van der Waals surface area contributed by atoms with Crippen LogP contribution in [0.5, 0.6) is 0 Å². The van der Waals surface area contributed by atoms with Crippen LogP contribution in [0.1, 0.15) is 46.5 Å². The number of carbonyl (C=O) groups is 1. The molecule has 17 heavy (non-hydrogen) atoms. The number of hydrogen-bond acceptors (Lipinski definition) is 2. The molecule has 98 valence electrons. The molecule has 2 saturated heterocycles. The van der Waals surface area contributed by atoms with Gasteiger partial charge in [-0.3, -0.25) is 4.79 Å². The van der Waals surface area contributed by atoms with Gasteiger partial charge in [-0.1, -0.05) is 13.8 Å². The van der Waals surface area contributed by atoms with Crippen LogP contribution in [0, 0.1) is 11.8 Å². The Morgan fingerprint density at radius 3 is 2.35 bits per heavy atom. The van der Waals surface area contributed by atoms with E-state index in [4.69, 9.17) is 0 Å². The molecule has 3 nitrogen and oxygen atoms in total. The van der Waals surface area contributed by atoms with Crippen molar-refractivity contribution in [2.45, 2.75) is 58.5 Å². The molecular weight excluding hydrogens is 212 g/mol. The maximum absolute atomic E-state index is 12.5. The van der Waals surface area contributed by atoms with Crippen molar-refractivity contribution in [3.05, 3.63) is 0 Å². The van der Waals surface area contributed by atoms with E-state index in [-0.39, 0.29) is 6.04 Å². The van der Waals surface area contributed by atoms with Gasteiger partial charge in [0.1, 0.15) is 0 Å². The molecule has 0 radical (unpaired) electrons. The zero-order valence-electron chi connectivity index (χ0n) is 11.4. The van der Waals surface area contributed by atoms with Gasteiger partial charge in [-0.05, 0) is 44.4 Å². The van der Waals surface area contributed by atoms with Gasteiger partial charge in [-0.15, -0.1) is 0 Å². The fourth-order valence-corrected chi connectivity index (χ4v) is 3.40. The summed E-state index contributed by atoms with van der Waals surface area (Å²) >= 11 is 0. The zero-order chi connectivity index (χ0) is 12.4. The third kappa shape index (κ3) is 3.21. The quantitative estimate of drug-likeness (QED) is 0.758. The number of carbonyl (C=O) groups excluding carboxylic acids is 1. The zero-order valence-corrected chi connectivity index (χ0v) is 11.4. The largest absolute Gasteiger partial charge is 0.341 e. The molecule has 0 saturated carbocycles. The van der Waals surface area contributed by atoms with Crippen molar-refractivity contribution in [3.8, 4) is 0 Å². The fourth-order valence-electron chi connectivity index (χ4n) is 3.40. The summed E-state index contributed by atoms with van der Waals surface area (Å²) in [5.74, 6) is 1.65. The number of amides is 1. The van der Waals surface area contributed by atoms with Crippen LogP contribution in [0.4, 0.5) is 0 Å². The monoisotopic (exact) mass is 238 g/mol. The number of rotatable bonds is 1. The predicted octanol–water partition coefficient (Wildman–Crippen LogP) is 2.02. The standard InChI is InChI=1S/C14H26N2O/c1-10-7-11(2)9-16(8-10)14(17)13-6-4-5-12(3)15-13/h10-13,15H,4-9H2,1-3H3. The molecule has 0 spiro atoms. The molecule has 1 amide bonds. The van der Waals surface area contributed by atoms with Gasteiger partial charge in [0.15, 0.2) is 0 Å². The van der Waals surface area contributed by atoms with E-state index in [0.717, 1.165) is 19.5 Å². The lowest BCUT2D eigenvalue weighted by molar-refractivity contribution is -0.137. The molecule has 2 fully saturated rings. The highest BCUT2D eigenvalue weighted by Gasteiger charge is 2.31. The highest BCUT2D eigenvalue weighted by atomic mass is 16.2. The van der Waals surface area contributed by atoms with Gasteiger partial charge in [-0.2, -0.15) is 0 Å². The van der Waals surface area contributed by atoms with Gasteiger partial charge in [0.2, 0.25) is 5.91 Å². The molecule has 2 rings (SSSR count). The Hall–Kier alpha value is -0.570. The van der Waals surface area contributed by atoms with Crippen LogP contribution < -0.4 is 5.32 Å². The molecule has 0 aromatic rings. The van der Waals surface area contributed by atoms with Crippen LogP contribution in [0.3, 0.4) is 0 Å². The van der Waals surface area contributed by atoms with Crippen LogP contribution in [-0.4, -0.2) is 36.0 Å². The number of hydrogen-bond donors (Lipinski definition) is 1. The molecule has 2 aliphatic rings. The van der Waals surface area contributed by atoms with E-state index in [1.54, 1.807) is 0 Å². The second kappa shape index (κ2) is 5.38. The minimum atomic E-state index is 0.0799. The molecular formula is C14H26N2O. The van der Waals surface area contributed by atoms with Crippen molar-refractivity contribution in [1.29, 1.82) is 0 Å². The lowest BCUT2D eigenvalue weighted by Crippen LogP contribution is -2.54. The highest BCUT2D eigenvalue weighted by Crippen LogP contribution is 2.23. The van der Waals surface area contributed by atoms with Gasteiger partial charge in [-0.25, -0.2) is 0 Å². The first kappa shape index (κ1) is 12.9. The van der Waals surface area contributed by atoms with Gasteiger partial charge in [0.25, 0.3) is 0 Å². The number of piperidine rings is 2. The Balaban J connectivity index is 1.94. The van der Waals surface area contributed by atoms with Crippen molar-refractivity contribution in [3.63, 3.8) is 0 Å². The maximum Gasteiger partial charge on any atom is 0.239 e. The molecule has 0 aromatic heterocycles. The molecule has 1 N–H and O–H groups in total. The summed E-state index contributed by atoms with van der Waals surface area (Å²) in [6, 6.07) is 0.577. The predicted molar refractivity (Wildman–Crippen MR) is 69.8 cm³/mol. The number of nitrogens with one attached hydrogen (secondary N) is 1. The smallest absolute Gasteiger partial charge is 0.239 e. The van der Waals surface area contributed by atoms with E-state index in [1.165, 1.54) is 19.3 Å². The van der Waals surface area contributed by atoms with Crippen molar-refractivity contribution < 1.29 is 4.79 Å². The molecule has 0 bridgehead atoms. The van der Waals surface area contributed by atoms with Crippen LogP contribution in [0.2, 0.25) is 0 Å². The average molecular weight is 238 g/mol. The molecule has 0 aliphatic carbocycles. The van der Waals surface area contributed by atoms with E-state index in [2.05, 4.69) is 31.0 Å². The summed E-state index contributed by atoms with van der Waals surface area (Å²) in [7, 11) is 0. The van der Waals surface area contributed by atoms with E-state index in [1.807, 2.05) is 0 Å². The third-order valence-corrected chi connectivity index (χ3v) is 4.09.